The monoisotopic (exact) mass is 341 g/mol. The summed E-state index contributed by atoms with van der Waals surface area (Å²) in [6.45, 7) is 3.53. The number of pyridine rings is 1. The second kappa shape index (κ2) is 8.70. The first-order valence-electron chi connectivity index (χ1n) is 9.41. The van der Waals surface area contributed by atoms with Gasteiger partial charge in [0.25, 0.3) is 0 Å². The van der Waals surface area contributed by atoms with Crippen LogP contribution in [-0.4, -0.2) is 48.6 Å². The van der Waals surface area contributed by atoms with E-state index in [1.54, 1.807) is 18.3 Å². The van der Waals surface area contributed by atoms with Gasteiger partial charge in [-0.1, -0.05) is 32.1 Å². The lowest BCUT2D eigenvalue weighted by atomic mass is 9.87. The van der Waals surface area contributed by atoms with Crippen molar-refractivity contribution in [1.82, 2.24) is 15.2 Å². The van der Waals surface area contributed by atoms with Crippen LogP contribution in [0.25, 0.3) is 0 Å². The van der Waals surface area contributed by atoms with Crippen molar-refractivity contribution in [2.75, 3.05) is 37.6 Å². The zero-order chi connectivity index (χ0) is 17.5. The summed E-state index contributed by atoms with van der Waals surface area (Å²) in [6, 6.07) is 5.79. The first-order valence-corrected chi connectivity index (χ1v) is 9.41. The lowest BCUT2D eigenvalue weighted by Gasteiger charge is -2.35. The van der Waals surface area contributed by atoms with Gasteiger partial charge in [0.2, 0.25) is 0 Å². The number of nitrogens with zero attached hydrogens (tertiary/aromatic N) is 4. The molecule has 2 aliphatic rings. The van der Waals surface area contributed by atoms with Crippen molar-refractivity contribution in [3.8, 4) is 6.07 Å². The number of aromatic nitrogens is 1. The van der Waals surface area contributed by atoms with Gasteiger partial charge in [0.05, 0.1) is 5.56 Å². The Balaban J connectivity index is 1.42. The summed E-state index contributed by atoms with van der Waals surface area (Å²) < 4.78 is 0. The molecule has 2 heterocycles. The minimum Gasteiger partial charge on any atom is -0.352 e. The fourth-order valence-corrected chi connectivity index (χ4v) is 3.83. The van der Waals surface area contributed by atoms with Crippen LogP contribution in [0, 0.1) is 17.2 Å². The van der Waals surface area contributed by atoms with Gasteiger partial charge in [-0.2, -0.15) is 5.26 Å². The number of nitrogens with one attached hydrogen (secondary N) is 1. The van der Waals surface area contributed by atoms with Gasteiger partial charge in [-0.05, 0) is 24.5 Å². The molecule has 2 fully saturated rings. The average Bonchev–Trinajstić information content (AvgIpc) is 2.69. The van der Waals surface area contributed by atoms with Crippen LogP contribution in [-0.2, 0) is 0 Å². The molecular weight excluding hydrogens is 314 g/mol. The standard InChI is InChI=1S/C19H27N5O/c20-15-17-7-4-9-21-18(17)23-11-13-24(14-12-23)19(25)22-10-8-16-5-2-1-3-6-16/h4,7,9,16H,1-3,5-6,8,10-14H2,(H,22,25). The highest BCUT2D eigenvalue weighted by Gasteiger charge is 2.23. The van der Waals surface area contributed by atoms with E-state index in [2.05, 4.69) is 21.3 Å². The van der Waals surface area contributed by atoms with E-state index in [9.17, 15) is 10.1 Å². The lowest BCUT2D eigenvalue weighted by molar-refractivity contribution is 0.193. The molecular formula is C19H27N5O. The van der Waals surface area contributed by atoms with Crippen molar-refractivity contribution in [2.24, 2.45) is 5.92 Å². The van der Waals surface area contributed by atoms with Crippen LogP contribution in [0.15, 0.2) is 18.3 Å². The number of amides is 2. The maximum Gasteiger partial charge on any atom is 0.317 e. The molecule has 25 heavy (non-hydrogen) atoms. The molecule has 0 radical (unpaired) electrons. The Kier molecular flexibility index (Phi) is 6.10. The van der Waals surface area contributed by atoms with Crippen LogP contribution >= 0.6 is 0 Å². The molecule has 1 aliphatic carbocycles. The minimum atomic E-state index is 0.0389. The Morgan fingerprint density at radius 2 is 2.00 bits per heavy atom. The maximum atomic E-state index is 12.3. The minimum absolute atomic E-state index is 0.0389. The number of hydrogen-bond acceptors (Lipinski definition) is 4. The van der Waals surface area contributed by atoms with Gasteiger partial charge in [0.15, 0.2) is 0 Å². The zero-order valence-corrected chi connectivity index (χ0v) is 14.8. The summed E-state index contributed by atoms with van der Waals surface area (Å²) in [5, 5.41) is 12.3. The summed E-state index contributed by atoms with van der Waals surface area (Å²) >= 11 is 0. The van der Waals surface area contributed by atoms with Crippen LogP contribution < -0.4 is 10.2 Å². The summed E-state index contributed by atoms with van der Waals surface area (Å²) in [5.74, 6) is 1.52. The third kappa shape index (κ3) is 4.62. The average molecular weight is 341 g/mol. The van der Waals surface area contributed by atoms with E-state index in [4.69, 9.17) is 0 Å². The first-order chi connectivity index (χ1) is 12.3. The van der Waals surface area contributed by atoms with E-state index < -0.39 is 0 Å². The van der Waals surface area contributed by atoms with Crippen molar-refractivity contribution in [2.45, 2.75) is 38.5 Å². The summed E-state index contributed by atoms with van der Waals surface area (Å²) in [6.07, 6.45) is 9.51. The van der Waals surface area contributed by atoms with Crippen LogP contribution in [0.2, 0.25) is 0 Å². The van der Waals surface area contributed by atoms with Crippen molar-refractivity contribution >= 4 is 11.8 Å². The number of carbonyl (C=O) groups excluding carboxylic acids is 1. The molecule has 3 rings (SSSR count). The van der Waals surface area contributed by atoms with Gasteiger partial charge in [0, 0.05) is 38.9 Å². The van der Waals surface area contributed by atoms with E-state index in [0.29, 0.717) is 31.7 Å². The number of anilines is 1. The van der Waals surface area contributed by atoms with Gasteiger partial charge in [0.1, 0.15) is 11.9 Å². The third-order valence-electron chi connectivity index (χ3n) is 5.33. The summed E-state index contributed by atoms with van der Waals surface area (Å²) in [4.78, 5) is 20.6. The molecule has 0 spiro atoms. The molecule has 6 heteroatoms. The lowest BCUT2D eigenvalue weighted by Crippen LogP contribution is -2.52. The van der Waals surface area contributed by atoms with Gasteiger partial charge >= 0.3 is 6.03 Å². The Bertz CT molecular complexity index is 612. The molecule has 134 valence electrons. The van der Waals surface area contributed by atoms with Crippen molar-refractivity contribution in [3.05, 3.63) is 23.9 Å². The fraction of sp³-hybridized carbons (Fsp3) is 0.632. The van der Waals surface area contributed by atoms with Gasteiger partial charge < -0.3 is 15.1 Å². The summed E-state index contributed by atoms with van der Waals surface area (Å²) in [7, 11) is 0. The normalized spacial score (nSPS) is 18.7. The molecule has 1 saturated carbocycles. The smallest absolute Gasteiger partial charge is 0.317 e. The zero-order valence-electron chi connectivity index (χ0n) is 14.8. The fourth-order valence-electron chi connectivity index (χ4n) is 3.83. The molecule has 6 nitrogen and oxygen atoms in total. The van der Waals surface area contributed by atoms with E-state index >= 15 is 0 Å². The van der Waals surface area contributed by atoms with E-state index in [-0.39, 0.29) is 6.03 Å². The number of urea groups is 1. The topological polar surface area (TPSA) is 72.3 Å². The third-order valence-corrected chi connectivity index (χ3v) is 5.33. The van der Waals surface area contributed by atoms with E-state index in [1.807, 2.05) is 4.90 Å². The Labute approximate surface area is 149 Å². The van der Waals surface area contributed by atoms with Crippen LogP contribution in [0.5, 0.6) is 0 Å². The molecule has 0 bridgehead atoms. The number of rotatable bonds is 4. The van der Waals surface area contributed by atoms with Crippen LogP contribution in [0.1, 0.15) is 44.1 Å². The highest BCUT2D eigenvalue weighted by atomic mass is 16.2. The summed E-state index contributed by atoms with van der Waals surface area (Å²) in [5.41, 5.74) is 0.591. The Morgan fingerprint density at radius 1 is 1.24 bits per heavy atom. The molecule has 0 unspecified atom stereocenters. The largest absolute Gasteiger partial charge is 0.352 e. The number of hydrogen-bond donors (Lipinski definition) is 1. The quantitative estimate of drug-likeness (QED) is 0.914. The van der Waals surface area contributed by atoms with Gasteiger partial charge in [-0.15, -0.1) is 0 Å². The maximum absolute atomic E-state index is 12.3. The highest BCUT2D eigenvalue weighted by Crippen LogP contribution is 2.25. The van der Waals surface area contributed by atoms with Crippen LogP contribution in [0.4, 0.5) is 10.6 Å². The predicted octanol–water partition coefficient (Wildman–Crippen LogP) is 2.76. The highest BCUT2D eigenvalue weighted by molar-refractivity contribution is 5.74. The number of nitriles is 1. The molecule has 1 aliphatic heterocycles. The molecule has 0 aromatic carbocycles. The van der Waals surface area contributed by atoms with Gasteiger partial charge in [-0.3, -0.25) is 0 Å². The molecule has 1 aromatic heterocycles. The molecule has 1 N–H and O–H groups in total. The number of piperazine rings is 1. The predicted molar refractivity (Wildman–Crippen MR) is 97.3 cm³/mol. The van der Waals surface area contributed by atoms with E-state index in [1.165, 1.54) is 32.1 Å². The molecule has 2 amide bonds. The molecule has 0 atom stereocenters. The van der Waals surface area contributed by atoms with E-state index in [0.717, 1.165) is 24.7 Å². The van der Waals surface area contributed by atoms with Gasteiger partial charge in [-0.25, -0.2) is 9.78 Å². The van der Waals surface area contributed by atoms with Crippen molar-refractivity contribution in [3.63, 3.8) is 0 Å². The van der Waals surface area contributed by atoms with Crippen LogP contribution in [0.3, 0.4) is 0 Å². The Hall–Kier alpha value is -2.29. The number of carbonyl (C=O) groups is 1. The SMILES string of the molecule is N#Cc1cccnc1N1CCN(C(=O)NCCC2CCCCC2)CC1. The molecule has 1 saturated heterocycles. The first kappa shape index (κ1) is 17.5. The van der Waals surface area contributed by atoms with Crippen molar-refractivity contribution in [1.29, 1.82) is 5.26 Å². The second-order valence-electron chi connectivity index (χ2n) is 6.99. The molecule has 1 aromatic rings. The van der Waals surface area contributed by atoms with Crippen molar-refractivity contribution < 1.29 is 4.79 Å². The Morgan fingerprint density at radius 3 is 2.72 bits per heavy atom. The second-order valence-corrected chi connectivity index (χ2v) is 6.99.